The van der Waals surface area contributed by atoms with Crippen molar-refractivity contribution in [3.8, 4) is 11.5 Å². The maximum Gasteiger partial charge on any atom is 0.342 e. The number of nitrogens with zero attached hydrogens (tertiary/aromatic N) is 1. The second-order valence-corrected chi connectivity index (χ2v) is 6.85. The summed E-state index contributed by atoms with van der Waals surface area (Å²) in [7, 11) is -2.61. The van der Waals surface area contributed by atoms with Crippen LogP contribution in [0.15, 0.2) is 53.4 Å². The Labute approximate surface area is 140 Å². The Balaban J connectivity index is 1.81. The molecule has 0 bridgehead atoms. The fraction of sp³-hybridized carbons (Fsp3) is 0.235. The molecule has 0 aliphatic carbocycles. The highest BCUT2D eigenvalue weighted by Gasteiger charge is 2.23. The molecule has 3 rings (SSSR count). The van der Waals surface area contributed by atoms with E-state index < -0.39 is 10.1 Å². The van der Waals surface area contributed by atoms with Crippen LogP contribution in [0.1, 0.15) is 12.8 Å². The number of methoxy groups -OCH3 is 1. The first-order valence-electron chi connectivity index (χ1n) is 7.49. The Kier molecular flexibility index (Phi) is 4.44. The molecule has 126 valence electrons. The van der Waals surface area contributed by atoms with Crippen LogP contribution in [0.3, 0.4) is 0 Å². The number of rotatable bonds is 5. The Morgan fingerprint density at radius 3 is 2.38 bits per heavy atom. The van der Waals surface area contributed by atoms with Crippen LogP contribution < -0.4 is 13.8 Å². The van der Waals surface area contributed by atoms with Crippen LogP contribution in [0.2, 0.25) is 0 Å². The number of amides is 1. The first kappa shape index (κ1) is 16.3. The highest BCUT2D eigenvalue weighted by molar-refractivity contribution is 7.87. The highest BCUT2D eigenvalue weighted by Crippen LogP contribution is 2.28. The maximum atomic E-state index is 12.4. The lowest BCUT2D eigenvalue weighted by Gasteiger charge is -2.16. The van der Waals surface area contributed by atoms with Gasteiger partial charge in [-0.05, 0) is 42.8 Å². The molecule has 1 fully saturated rings. The molecule has 0 radical (unpaired) electrons. The van der Waals surface area contributed by atoms with E-state index in [4.69, 9.17) is 8.92 Å². The molecule has 0 unspecified atom stereocenters. The smallest absolute Gasteiger partial charge is 0.342 e. The zero-order valence-corrected chi connectivity index (χ0v) is 14.0. The van der Waals surface area contributed by atoms with E-state index in [0.717, 1.165) is 12.1 Å². The Morgan fingerprint density at radius 2 is 1.75 bits per heavy atom. The van der Waals surface area contributed by atoms with Gasteiger partial charge in [0.2, 0.25) is 5.91 Å². The van der Waals surface area contributed by atoms with Crippen molar-refractivity contribution in [2.45, 2.75) is 17.7 Å². The van der Waals surface area contributed by atoms with E-state index in [0.29, 0.717) is 13.0 Å². The number of carbonyl (C=O) groups excluding carboxylic acids is 1. The number of ether oxygens (including phenoxy) is 1. The van der Waals surface area contributed by atoms with E-state index in [1.54, 1.807) is 35.2 Å². The Morgan fingerprint density at radius 1 is 1.04 bits per heavy atom. The average molecular weight is 347 g/mol. The molecule has 24 heavy (non-hydrogen) atoms. The molecule has 1 aliphatic heterocycles. The first-order valence-corrected chi connectivity index (χ1v) is 8.90. The minimum atomic E-state index is -4.00. The normalized spacial score (nSPS) is 14.7. The lowest BCUT2D eigenvalue weighted by molar-refractivity contribution is -0.117. The summed E-state index contributed by atoms with van der Waals surface area (Å²) in [6.45, 7) is 0.679. The summed E-state index contributed by atoms with van der Waals surface area (Å²) in [6.07, 6.45) is 1.37. The highest BCUT2D eigenvalue weighted by atomic mass is 32.2. The minimum absolute atomic E-state index is 0.0358. The summed E-state index contributed by atoms with van der Waals surface area (Å²) in [5.74, 6) is 0.471. The molecule has 7 heteroatoms. The van der Waals surface area contributed by atoms with E-state index >= 15 is 0 Å². The van der Waals surface area contributed by atoms with Crippen molar-refractivity contribution in [3.63, 3.8) is 0 Å². The predicted molar refractivity (Wildman–Crippen MR) is 88.8 cm³/mol. The van der Waals surface area contributed by atoms with Crippen LogP contribution in [0.25, 0.3) is 0 Å². The molecule has 2 aromatic carbocycles. The van der Waals surface area contributed by atoms with Crippen LogP contribution in [-0.2, 0) is 14.9 Å². The molecule has 0 atom stereocenters. The van der Waals surface area contributed by atoms with Gasteiger partial charge in [0.15, 0.2) is 0 Å². The SMILES string of the molecule is COc1ccccc1S(=O)(=O)Oc1ccc(N2CCCC2=O)cc1. The lowest BCUT2D eigenvalue weighted by atomic mass is 10.3. The Hall–Kier alpha value is -2.54. The van der Waals surface area contributed by atoms with Gasteiger partial charge in [0, 0.05) is 18.7 Å². The van der Waals surface area contributed by atoms with Crippen molar-refractivity contribution in [3.05, 3.63) is 48.5 Å². The fourth-order valence-electron chi connectivity index (χ4n) is 2.60. The number of anilines is 1. The molecule has 6 nitrogen and oxygen atoms in total. The van der Waals surface area contributed by atoms with Gasteiger partial charge in [-0.2, -0.15) is 8.42 Å². The second kappa shape index (κ2) is 6.52. The van der Waals surface area contributed by atoms with Crippen LogP contribution >= 0.6 is 0 Å². The van der Waals surface area contributed by atoms with E-state index in [-0.39, 0.29) is 22.3 Å². The van der Waals surface area contributed by atoms with E-state index in [1.807, 2.05) is 0 Å². The van der Waals surface area contributed by atoms with Gasteiger partial charge in [0.1, 0.15) is 16.4 Å². The summed E-state index contributed by atoms with van der Waals surface area (Å²) in [5, 5.41) is 0. The van der Waals surface area contributed by atoms with Gasteiger partial charge >= 0.3 is 10.1 Å². The van der Waals surface area contributed by atoms with Crippen molar-refractivity contribution in [2.75, 3.05) is 18.6 Å². The summed E-state index contributed by atoms with van der Waals surface area (Å²) >= 11 is 0. The summed E-state index contributed by atoms with van der Waals surface area (Å²) < 4.78 is 35.0. The molecule has 1 heterocycles. The van der Waals surface area contributed by atoms with Crippen LogP contribution in [0.4, 0.5) is 5.69 Å². The van der Waals surface area contributed by atoms with Gasteiger partial charge in [-0.25, -0.2) is 0 Å². The van der Waals surface area contributed by atoms with E-state index in [2.05, 4.69) is 0 Å². The van der Waals surface area contributed by atoms with Crippen molar-refractivity contribution < 1.29 is 22.1 Å². The minimum Gasteiger partial charge on any atom is -0.495 e. The summed E-state index contributed by atoms with van der Waals surface area (Å²) in [5.41, 5.74) is 0.736. The number of carbonyl (C=O) groups is 1. The van der Waals surface area contributed by atoms with Gasteiger partial charge in [0.05, 0.1) is 7.11 Å². The van der Waals surface area contributed by atoms with Crippen LogP contribution in [0, 0.1) is 0 Å². The van der Waals surface area contributed by atoms with Gasteiger partial charge in [-0.15, -0.1) is 0 Å². The van der Waals surface area contributed by atoms with Gasteiger partial charge in [-0.1, -0.05) is 12.1 Å². The van der Waals surface area contributed by atoms with Gasteiger partial charge in [0.25, 0.3) is 0 Å². The van der Waals surface area contributed by atoms with Crippen molar-refractivity contribution in [2.24, 2.45) is 0 Å². The average Bonchev–Trinajstić information content (AvgIpc) is 3.01. The van der Waals surface area contributed by atoms with E-state index in [1.165, 1.54) is 25.3 Å². The zero-order chi connectivity index (χ0) is 17.2. The van der Waals surface area contributed by atoms with Crippen LogP contribution in [0.5, 0.6) is 11.5 Å². The number of para-hydroxylation sites is 1. The summed E-state index contributed by atoms with van der Waals surface area (Å²) in [6, 6.07) is 12.7. The molecule has 0 spiro atoms. The second-order valence-electron chi connectivity index (χ2n) is 5.33. The third-order valence-electron chi connectivity index (χ3n) is 3.77. The maximum absolute atomic E-state index is 12.4. The molecular weight excluding hydrogens is 330 g/mol. The standard InChI is InChI=1S/C17H17NO5S/c1-22-15-5-2-3-6-16(15)24(20,21)23-14-10-8-13(9-11-14)18-12-4-7-17(18)19/h2-3,5-6,8-11H,4,7,12H2,1H3. The molecule has 0 N–H and O–H groups in total. The topological polar surface area (TPSA) is 72.9 Å². The molecule has 1 aliphatic rings. The number of benzene rings is 2. The lowest BCUT2D eigenvalue weighted by Crippen LogP contribution is -2.23. The zero-order valence-electron chi connectivity index (χ0n) is 13.1. The summed E-state index contributed by atoms with van der Waals surface area (Å²) in [4.78, 5) is 13.4. The molecular formula is C17H17NO5S. The third-order valence-corrected chi connectivity index (χ3v) is 5.05. The molecule has 1 saturated heterocycles. The number of hydrogen-bond acceptors (Lipinski definition) is 5. The van der Waals surface area contributed by atoms with Gasteiger partial charge < -0.3 is 13.8 Å². The first-order chi connectivity index (χ1) is 11.5. The van der Waals surface area contributed by atoms with Crippen molar-refractivity contribution >= 4 is 21.7 Å². The molecule has 0 aromatic heterocycles. The number of hydrogen-bond donors (Lipinski definition) is 0. The molecule has 1 amide bonds. The molecule has 2 aromatic rings. The molecule has 0 saturated carbocycles. The van der Waals surface area contributed by atoms with E-state index in [9.17, 15) is 13.2 Å². The third kappa shape index (κ3) is 3.21. The predicted octanol–water partition coefficient (Wildman–Crippen LogP) is 2.59. The quantitative estimate of drug-likeness (QED) is 0.777. The van der Waals surface area contributed by atoms with Gasteiger partial charge in [-0.3, -0.25) is 4.79 Å². The monoisotopic (exact) mass is 347 g/mol. The largest absolute Gasteiger partial charge is 0.495 e. The fourth-order valence-corrected chi connectivity index (χ4v) is 3.70. The van der Waals surface area contributed by atoms with Crippen molar-refractivity contribution in [1.29, 1.82) is 0 Å². The Bertz CT molecular complexity index is 846. The van der Waals surface area contributed by atoms with Crippen molar-refractivity contribution in [1.82, 2.24) is 0 Å². The van der Waals surface area contributed by atoms with Crippen LogP contribution in [-0.4, -0.2) is 28.0 Å².